The third kappa shape index (κ3) is 3.41. The maximum absolute atomic E-state index is 12.6. The zero-order valence-corrected chi connectivity index (χ0v) is 14.3. The molecule has 1 aromatic heterocycles. The summed E-state index contributed by atoms with van der Waals surface area (Å²) in [6, 6.07) is 11.9. The maximum Gasteiger partial charge on any atom is 0.441 e. The van der Waals surface area contributed by atoms with Gasteiger partial charge in [-0.15, -0.1) is 0 Å². The average molecular weight is 361 g/mol. The number of methoxy groups -OCH3 is 1. The summed E-state index contributed by atoms with van der Waals surface area (Å²) >= 11 is 5.96. The predicted molar refractivity (Wildman–Crippen MR) is 91.6 cm³/mol. The lowest BCUT2D eigenvalue weighted by Crippen LogP contribution is -2.42. The SMILES string of the molecule is COc1ccc(-[n+]2[nH]oc(=O)c2C(=O)Nc2cc(Cl)ccc2C)cc1. The molecule has 25 heavy (non-hydrogen) atoms. The molecule has 0 spiro atoms. The number of hydrogen-bond acceptors (Lipinski definition) is 4. The van der Waals surface area contributed by atoms with Crippen LogP contribution >= 0.6 is 11.6 Å². The molecule has 0 aliphatic rings. The minimum atomic E-state index is -0.784. The molecule has 2 N–H and O–H groups in total. The van der Waals surface area contributed by atoms with Crippen molar-refractivity contribution >= 4 is 23.2 Å². The van der Waals surface area contributed by atoms with Gasteiger partial charge in [0.15, 0.2) is 0 Å². The van der Waals surface area contributed by atoms with Gasteiger partial charge in [-0.2, -0.15) is 0 Å². The molecule has 0 aliphatic heterocycles. The number of amides is 1. The second-order valence-electron chi connectivity index (χ2n) is 5.28. The Balaban J connectivity index is 1.96. The number of hydrogen-bond donors (Lipinski definition) is 2. The van der Waals surface area contributed by atoms with E-state index < -0.39 is 11.5 Å². The summed E-state index contributed by atoms with van der Waals surface area (Å²) < 4.78 is 11.1. The van der Waals surface area contributed by atoms with Crippen molar-refractivity contribution in [3.63, 3.8) is 0 Å². The number of nitrogens with zero attached hydrogens (tertiary/aromatic N) is 1. The highest BCUT2D eigenvalue weighted by Gasteiger charge is 2.31. The van der Waals surface area contributed by atoms with E-state index in [0.717, 1.165) is 5.56 Å². The van der Waals surface area contributed by atoms with E-state index in [4.69, 9.17) is 20.9 Å². The fourth-order valence-corrected chi connectivity index (χ4v) is 2.46. The van der Waals surface area contributed by atoms with Crippen LogP contribution in [0.2, 0.25) is 5.02 Å². The molecular formula is C17H15ClN3O4+. The van der Waals surface area contributed by atoms with Crippen LogP contribution in [0.5, 0.6) is 5.75 Å². The predicted octanol–water partition coefficient (Wildman–Crippen LogP) is 2.47. The van der Waals surface area contributed by atoms with Crippen molar-refractivity contribution in [1.29, 1.82) is 0 Å². The number of anilines is 1. The summed E-state index contributed by atoms with van der Waals surface area (Å²) in [5, 5.41) is 5.58. The highest BCUT2D eigenvalue weighted by molar-refractivity contribution is 6.31. The number of carbonyl (C=O) groups is 1. The van der Waals surface area contributed by atoms with Gasteiger partial charge in [-0.05, 0) is 46.7 Å². The van der Waals surface area contributed by atoms with Crippen molar-refractivity contribution in [3.05, 3.63) is 69.2 Å². The molecule has 128 valence electrons. The molecule has 3 aromatic rings. The van der Waals surface area contributed by atoms with E-state index in [1.807, 2.05) is 6.92 Å². The molecule has 0 saturated carbocycles. The first-order valence-electron chi connectivity index (χ1n) is 7.35. The quantitative estimate of drug-likeness (QED) is 0.699. The lowest BCUT2D eigenvalue weighted by atomic mass is 10.2. The smallest absolute Gasteiger partial charge is 0.441 e. The van der Waals surface area contributed by atoms with Gasteiger partial charge < -0.3 is 10.1 Å². The van der Waals surface area contributed by atoms with E-state index in [0.29, 0.717) is 22.1 Å². The summed E-state index contributed by atoms with van der Waals surface area (Å²) in [4.78, 5) is 24.6. The van der Waals surface area contributed by atoms with Gasteiger partial charge in [0.1, 0.15) is 5.75 Å². The number of nitrogens with one attached hydrogen (secondary N) is 2. The Labute approximate surface area is 147 Å². The van der Waals surface area contributed by atoms with Crippen LogP contribution in [0, 0.1) is 6.92 Å². The molecule has 0 fully saturated rings. The van der Waals surface area contributed by atoms with Crippen LogP contribution in [0.15, 0.2) is 51.8 Å². The third-order valence-electron chi connectivity index (χ3n) is 3.64. The van der Waals surface area contributed by atoms with Gasteiger partial charge in [-0.25, -0.2) is 4.79 Å². The molecule has 0 aliphatic carbocycles. The molecule has 0 radical (unpaired) electrons. The Morgan fingerprint density at radius 1 is 1.24 bits per heavy atom. The van der Waals surface area contributed by atoms with Crippen molar-refractivity contribution < 1.29 is 18.7 Å². The zero-order chi connectivity index (χ0) is 18.0. The number of rotatable bonds is 4. The number of aromatic amines is 1. The summed E-state index contributed by atoms with van der Waals surface area (Å²) in [5.74, 6) is 0.0342. The summed E-state index contributed by atoms with van der Waals surface area (Å²) in [6.07, 6.45) is 0. The van der Waals surface area contributed by atoms with E-state index in [1.165, 1.54) is 4.68 Å². The Kier molecular flexibility index (Phi) is 4.58. The molecule has 0 saturated heterocycles. The number of benzene rings is 2. The first-order valence-corrected chi connectivity index (χ1v) is 7.73. The fraction of sp³-hybridized carbons (Fsp3) is 0.118. The number of aryl methyl sites for hydroxylation is 1. The van der Waals surface area contributed by atoms with Crippen LogP contribution in [-0.4, -0.2) is 18.3 Å². The highest BCUT2D eigenvalue weighted by Crippen LogP contribution is 2.20. The molecular weight excluding hydrogens is 346 g/mol. The molecule has 0 atom stereocenters. The van der Waals surface area contributed by atoms with Gasteiger partial charge in [0, 0.05) is 22.8 Å². The van der Waals surface area contributed by atoms with E-state index in [-0.39, 0.29) is 5.69 Å². The fourth-order valence-electron chi connectivity index (χ4n) is 2.29. The van der Waals surface area contributed by atoms with Crippen molar-refractivity contribution in [2.24, 2.45) is 0 Å². The van der Waals surface area contributed by atoms with E-state index in [2.05, 4.69) is 10.6 Å². The van der Waals surface area contributed by atoms with Gasteiger partial charge in [-0.1, -0.05) is 17.7 Å². The second kappa shape index (κ2) is 6.82. The number of ether oxygens (including phenoxy) is 1. The first kappa shape index (κ1) is 16.8. The molecule has 7 nitrogen and oxygen atoms in total. The number of carbonyl (C=O) groups excluding carboxylic acids is 1. The molecule has 1 amide bonds. The lowest BCUT2D eigenvalue weighted by molar-refractivity contribution is -0.672. The van der Waals surface area contributed by atoms with Crippen molar-refractivity contribution in [2.75, 3.05) is 12.4 Å². The van der Waals surface area contributed by atoms with Gasteiger partial charge >= 0.3 is 17.2 Å². The van der Waals surface area contributed by atoms with Gasteiger partial charge in [0.25, 0.3) is 0 Å². The van der Waals surface area contributed by atoms with Crippen LogP contribution in [0.3, 0.4) is 0 Å². The average Bonchev–Trinajstić information content (AvgIpc) is 3.00. The van der Waals surface area contributed by atoms with E-state index in [9.17, 15) is 9.59 Å². The second-order valence-corrected chi connectivity index (χ2v) is 5.71. The third-order valence-corrected chi connectivity index (χ3v) is 3.88. The molecule has 2 aromatic carbocycles. The minimum absolute atomic E-state index is 0.190. The standard InChI is InChI=1S/C17H14ClN3O4/c1-10-3-4-11(18)9-14(10)19-16(22)15-17(23)25-20-21(15)12-5-7-13(24-2)8-6-12/h3-9H,1-2H3,(H-,19,20,22,23)/p+1. The van der Waals surface area contributed by atoms with Gasteiger partial charge in [-0.3, -0.25) is 9.32 Å². The molecule has 1 heterocycles. The number of H-pyrrole nitrogens is 1. The van der Waals surface area contributed by atoms with E-state index >= 15 is 0 Å². The topological polar surface area (TPSA) is 88.2 Å². The Morgan fingerprint density at radius 2 is 1.96 bits per heavy atom. The highest BCUT2D eigenvalue weighted by atomic mass is 35.5. The van der Waals surface area contributed by atoms with Gasteiger partial charge in [0.2, 0.25) is 5.69 Å². The normalized spacial score (nSPS) is 10.5. The van der Waals surface area contributed by atoms with Crippen LogP contribution in [0.4, 0.5) is 5.69 Å². The Bertz CT molecular complexity index is 976. The summed E-state index contributed by atoms with van der Waals surface area (Å²) in [7, 11) is 1.55. The minimum Gasteiger partial charge on any atom is -0.497 e. The molecule has 3 rings (SSSR count). The zero-order valence-electron chi connectivity index (χ0n) is 13.5. The first-order chi connectivity index (χ1) is 12.0. The molecule has 0 bridgehead atoms. The largest absolute Gasteiger partial charge is 0.497 e. The maximum atomic E-state index is 12.6. The Hall–Kier alpha value is -3.06. The Morgan fingerprint density at radius 3 is 2.64 bits per heavy atom. The summed E-state index contributed by atoms with van der Waals surface area (Å²) in [5.41, 5.74) is 0.894. The van der Waals surface area contributed by atoms with Crippen LogP contribution in [-0.2, 0) is 0 Å². The van der Waals surface area contributed by atoms with Gasteiger partial charge in [0.05, 0.1) is 7.11 Å². The van der Waals surface area contributed by atoms with Crippen molar-refractivity contribution in [1.82, 2.24) is 5.27 Å². The van der Waals surface area contributed by atoms with Crippen molar-refractivity contribution in [3.8, 4) is 11.4 Å². The lowest BCUT2D eigenvalue weighted by Gasteiger charge is -2.06. The summed E-state index contributed by atoms with van der Waals surface area (Å²) in [6.45, 7) is 1.82. The van der Waals surface area contributed by atoms with Crippen molar-refractivity contribution in [2.45, 2.75) is 6.92 Å². The monoisotopic (exact) mass is 360 g/mol. The number of aromatic nitrogens is 2. The van der Waals surface area contributed by atoms with Crippen LogP contribution < -0.4 is 20.4 Å². The van der Waals surface area contributed by atoms with Crippen LogP contribution in [0.1, 0.15) is 16.1 Å². The molecule has 8 heteroatoms. The van der Waals surface area contributed by atoms with E-state index in [1.54, 1.807) is 49.6 Å². The van der Waals surface area contributed by atoms with Crippen LogP contribution in [0.25, 0.3) is 5.69 Å². The number of halogens is 1. The molecule has 0 unspecified atom stereocenters.